The molecule has 1 atom stereocenters. The van der Waals surface area contributed by atoms with Crippen molar-refractivity contribution in [3.8, 4) is 5.75 Å². The van der Waals surface area contributed by atoms with E-state index in [0.29, 0.717) is 6.04 Å². The van der Waals surface area contributed by atoms with Crippen LogP contribution in [0.3, 0.4) is 0 Å². The van der Waals surface area contributed by atoms with Gasteiger partial charge in [0.05, 0.1) is 6.61 Å². The molecule has 1 aliphatic rings. The number of ether oxygens (including phenoxy) is 1. The number of halogens is 1. The number of benzene rings is 1. The third-order valence-electron chi connectivity index (χ3n) is 4.01. The summed E-state index contributed by atoms with van der Waals surface area (Å²) >= 11 is 0. The minimum absolute atomic E-state index is 0. The smallest absolute Gasteiger partial charge is 0.119 e. The van der Waals surface area contributed by atoms with E-state index in [-0.39, 0.29) is 17.8 Å². The molecule has 0 spiro atoms. The third kappa shape index (κ3) is 4.37. The van der Waals surface area contributed by atoms with Crippen LogP contribution in [0.4, 0.5) is 0 Å². The summed E-state index contributed by atoms with van der Waals surface area (Å²) in [6.45, 7) is 10.4. The lowest BCUT2D eigenvalue weighted by atomic mass is 9.79. The molecular formula is C16H27ClN2O. The van der Waals surface area contributed by atoms with Crippen molar-refractivity contribution < 1.29 is 4.74 Å². The standard InChI is InChI=1S/C16H26N2O.ClH/c1-4-19-14-7-5-6-13(10-14)11-18-9-8-15(17)16(2,3)12-18;/h5-7,10,15H,4,8-9,11-12,17H2,1-3H3;1H. The third-order valence-corrected chi connectivity index (χ3v) is 4.01. The van der Waals surface area contributed by atoms with Gasteiger partial charge in [-0.3, -0.25) is 4.90 Å². The maximum atomic E-state index is 6.19. The Morgan fingerprint density at radius 2 is 2.15 bits per heavy atom. The lowest BCUT2D eigenvalue weighted by molar-refractivity contribution is 0.0898. The Kier molecular flexibility index (Phi) is 6.31. The molecule has 0 aliphatic carbocycles. The zero-order valence-electron chi connectivity index (χ0n) is 12.8. The topological polar surface area (TPSA) is 38.5 Å². The first-order valence-corrected chi connectivity index (χ1v) is 7.21. The molecule has 0 bridgehead atoms. The Labute approximate surface area is 128 Å². The average Bonchev–Trinajstić information content (AvgIpc) is 2.34. The van der Waals surface area contributed by atoms with Crippen LogP contribution in [0.15, 0.2) is 24.3 Å². The number of nitrogens with zero attached hydrogens (tertiary/aromatic N) is 1. The summed E-state index contributed by atoms with van der Waals surface area (Å²) < 4.78 is 5.56. The van der Waals surface area contributed by atoms with Crippen molar-refractivity contribution in [1.29, 1.82) is 0 Å². The molecule has 1 aliphatic heterocycles. The van der Waals surface area contributed by atoms with E-state index in [0.717, 1.165) is 38.4 Å². The second-order valence-corrected chi connectivity index (χ2v) is 6.17. The van der Waals surface area contributed by atoms with Crippen molar-refractivity contribution in [1.82, 2.24) is 4.90 Å². The fraction of sp³-hybridized carbons (Fsp3) is 0.625. The van der Waals surface area contributed by atoms with Crippen LogP contribution in [-0.2, 0) is 6.54 Å². The fourth-order valence-electron chi connectivity index (χ4n) is 2.78. The molecule has 3 nitrogen and oxygen atoms in total. The van der Waals surface area contributed by atoms with Gasteiger partial charge in [0.2, 0.25) is 0 Å². The summed E-state index contributed by atoms with van der Waals surface area (Å²) in [5, 5.41) is 0. The summed E-state index contributed by atoms with van der Waals surface area (Å²) in [7, 11) is 0. The van der Waals surface area contributed by atoms with E-state index in [2.05, 4.69) is 36.9 Å². The molecule has 4 heteroatoms. The Hall–Kier alpha value is -0.770. The molecule has 0 radical (unpaired) electrons. The second kappa shape index (κ2) is 7.30. The van der Waals surface area contributed by atoms with Crippen molar-refractivity contribution in [2.45, 2.75) is 39.8 Å². The monoisotopic (exact) mass is 298 g/mol. The van der Waals surface area contributed by atoms with Gasteiger partial charge >= 0.3 is 0 Å². The number of hydrogen-bond acceptors (Lipinski definition) is 3. The highest BCUT2D eigenvalue weighted by molar-refractivity contribution is 5.85. The molecule has 114 valence electrons. The molecular weight excluding hydrogens is 272 g/mol. The number of likely N-dealkylation sites (tertiary alicyclic amines) is 1. The van der Waals surface area contributed by atoms with Crippen LogP contribution in [-0.4, -0.2) is 30.6 Å². The van der Waals surface area contributed by atoms with E-state index in [1.165, 1.54) is 5.56 Å². The molecule has 1 saturated heterocycles. The van der Waals surface area contributed by atoms with Gasteiger partial charge in [0.15, 0.2) is 0 Å². The van der Waals surface area contributed by atoms with Gasteiger partial charge in [0.25, 0.3) is 0 Å². The van der Waals surface area contributed by atoms with E-state index in [1.54, 1.807) is 0 Å². The molecule has 20 heavy (non-hydrogen) atoms. The van der Waals surface area contributed by atoms with Crippen molar-refractivity contribution in [2.24, 2.45) is 11.1 Å². The number of piperidine rings is 1. The molecule has 2 N–H and O–H groups in total. The molecule has 1 fully saturated rings. The van der Waals surface area contributed by atoms with Crippen LogP contribution in [0.5, 0.6) is 5.75 Å². The number of rotatable bonds is 4. The van der Waals surface area contributed by atoms with Crippen LogP contribution in [0.25, 0.3) is 0 Å². The molecule has 1 aromatic carbocycles. The molecule has 1 unspecified atom stereocenters. The Morgan fingerprint density at radius 1 is 1.40 bits per heavy atom. The van der Waals surface area contributed by atoms with Crippen LogP contribution >= 0.6 is 12.4 Å². The summed E-state index contributed by atoms with van der Waals surface area (Å²) in [6, 6.07) is 8.72. The SMILES string of the molecule is CCOc1cccc(CN2CCC(N)C(C)(C)C2)c1.Cl. The number of hydrogen-bond donors (Lipinski definition) is 1. The minimum Gasteiger partial charge on any atom is -0.494 e. The summed E-state index contributed by atoms with van der Waals surface area (Å²) in [5.74, 6) is 0.966. The Balaban J connectivity index is 0.00000200. The summed E-state index contributed by atoms with van der Waals surface area (Å²) in [4.78, 5) is 2.49. The highest BCUT2D eigenvalue weighted by Gasteiger charge is 2.33. The Bertz CT molecular complexity index is 423. The van der Waals surface area contributed by atoms with Gasteiger partial charge in [-0.25, -0.2) is 0 Å². The first-order chi connectivity index (χ1) is 9.01. The van der Waals surface area contributed by atoms with Crippen molar-refractivity contribution in [3.05, 3.63) is 29.8 Å². The maximum Gasteiger partial charge on any atom is 0.119 e. The van der Waals surface area contributed by atoms with Crippen LogP contribution in [0.2, 0.25) is 0 Å². The quantitative estimate of drug-likeness (QED) is 0.928. The van der Waals surface area contributed by atoms with Crippen molar-refractivity contribution in [2.75, 3.05) is 19.7 Å². The highest BCUT2D eigenvalue weighted by Crippen LogP contribution is 2.28. The van der Waals surface area contributed by atoms with Gasteiger partial charge < -0.3 is 10.5 Å². The van der Waals surface area contributed by atoms with Crippen molar-refractivity contribution in [3.63, 3.8) is 0 Å². The zero-order chi connectivity index (χ0) is 13.9. The van der Waals surface area contributed by atoms with Crippen molar-refractivity contribution >= 4 is 12.4 Å². The van der Waals surface area contributed by atoms with Gasteiger partial charge in [-0.05, 0) is 36.5 Å². The predicted octanol–water partition coefficient (Wildman–Crippen LogP) is 3.07. The lowest BCUT2D eigenvalue weighted by Crippen LogP contribution is -2.52. The fourth-order valence-corrected chi connectivity index (χ4v) is 2.78. The zero-order valence-corrected chi connectivity index (χ0v) is 13.6. The van der Waals surface area contributed by atoms with Gasteiger partial charge in [0, 0.05) is 25.7 Å². The molecule has 0 aromatic heterocycles. The van der Waals surface area contributed by atoms with E-state index in [9.17, 15) is 0 Å². The normalized spacial score (nSPS) is 22.1. The van der Waals surface area contributed by atoms with Gasteiger partial charge in [-0.15, -0.1) is 12.4 Å². The van der Waals surface area contributed by atoms with Gasteiger partial charge in [-0.1, -0.05) is 26.0 Å². The minimum atomic E-state index is 0. The molecule has 0 amide bonds. The average molecular weight is 299 g/mol. The van der Waals surface area contributed by atoms with Crippen LogP contribution < -0.4 is 10.5 Å². The summed E-state index contributed by atoms with van der Waals surface area (Å²) in [5.41, 5.74) is 7.71. The Morgan fingerprint density at radius 3 is 2.80 bits per heavy atom. The van der Waals surface area contributed by atoms with E-state index < -0.39 is 0 Å². The largest absolute Gasteiger partial charge is 0.494 e. The molecule has 1 heterocycles. The van der Waals surface area contributed by atoms with Gasteiger partial charge in [0.1, 0.15) is 5.75 Å². The first kappa shape index (κ1) is 17.3. The lowest BCUT2D eigenvalue weighted by Gasteiger charge is -2.42. The highest BCUT2D eigenvalue weighted by atomic mass is 35.5. The molecule has 0 saturated carbocycles. The molecule has 1 aromatic rings. The molecule has 2 rings (SSSR count). The van der Waals surface area contributed by atoms with E-state index in [1.807, 2.05) is 13.0 Å². The van der Waals surface area contributed by atoms with Gasteiger partial charge in [-0.2, -0.15) is 0 Å². The second-order valence-electron chi connectivity index (χ2n) is 6.17. The van der Waals surface area contributed by atoms with E-state index >= 15 is 0 Å². The van der Waals surface area contributed by atoms with E-state index in [4.69, 9.17) is 10.5 Å². The van der Waals surface area contributed by atoms with Crippen LogP contribution in [0.1, 0.15) is 32.8 Å². The number of nitrogens with two attached hydrogens (primary N) is 1. The maximum absolute atomic E-state index is 6.19. The summed E-state index contributed by atoms with van der Waals surface area (Å²) in [6.07, 6.45) is 1.08. The van der Waals surface area contributed by atoms with Crippen LogP contribution in [0, 0.1) is 5.41 Å². The predicted molar refractivity (Wildman–Crippen MR) is 86.5 cm³/mol. The first-order valence-electron chi connectivity index (χ1n) is 7.21.